The number of carbonyl (C=O) groups is 1. The Kier molecular flexibility index (Phi) is 5.06. The molecule has 1 saturated heterocycles. The zero-order chi connectivity index (χ0) is 18.0. The molecule has 6 heteroatoms. The lowest BCUT2D eigenvalue weighted by Crippen LogP contribution is -2.39. The van der Waals surface area contributed by atoms with Gasteiger partial charge in [-0.05, 0) is 30.9 Å². The van der Waals surface area contributed by atoms with Crippen molar-refractivity contribution in [1.82, 2.24) is 19.2 Å². The monoisotopic (exact) mass is 342 g/mol. The first kappa shape index (κ1) is 17.5. The Labute approximate surface area is 148 Å². The summed E-state index contributed by atoms with van der Waals surface area (Å²) < 4.78 is 3.11. The second kappa shape index (κ2) is 7.25. The number of piperidine rings is 1. The minimum Gasteiger partial charge on any atom is -0.343 e. The van der Waals surface area contributed by atoms with Gasteiger partial charge < -0.3 is 4.90 Å². The zero-order valence-corrected chi connectivity index (χ0v) is 15.2. The van der Waals surface area contributed by atoms with Crippen LogP contribution in [-0.2, 0) is 11.8 Å². The number of rotatable bonds is 4. The molecular weight excluding hydrogens is 316 g/mol. The van der Waals surface area contributed by atoms with E-state index in [1.54, 1.807) is 11.6 Å². The lowest BCUT2D eigenvalue weighted by molar-refractivity contribution is -0.133. The molecule has 0 saturated carbocycles. The van der Waals surface area contributed by atoms with E-state index >= 15 is 0 Å². The first-order valence-corrected chi connectivity index (χ1v) is 8.96. The lowest BCUT2D eigenvalue weighted by atomic mass is 9.95. The fourth-order valence-electron chi connectivity index (χ4n) is 3.43. The van der Waals surface area contributed by atoms with Crippen LogP contribution in [0, 0.1) is 5.92 Å². The molecule has 25 heavy (non-hydrogen) atoms. The van der Waals surface area contributed by atoms with Crippen molar-refractivity contribution < 1.29 is 4.79 Å². The molecule has 1 aliphatic heterocycles. The Morgan fingerprint density at radius 2 is 1.84 bits per heavy atom. The van der Waals surface area contributed by atoms with Crippen molar-refractivity contribution in [2.24, 2.45) is 13.0 Å². The Hall–Kier alpha value is -2.37. The van der Waals surface area contributed by atoms with Crippen LogP contribution in [0.15, 0.2) is 35.1 Å². The van der Waals surface area contributed by atoms with Crippen molar-refractivity contribution in [2.75, 3.05) is 13.1 Å². The second-order valence-electron chi connectivity index (χ2n) is 7.19. The minimum absolute atomic E-state index is 0.125. The van der Waals surface area contributed by atoms with E-state index in [0.717, 1.165) is 37.4 Å². The largest absolute Gasteiger partial charge is 0.350 e. The van der Waals surface area contributed by atoms with Crippen molar-refractivity contribution in [3.63, 3.8) is 0 Å². The molecule has 134 valence electrons. The predicted molar refractivity (Wildman–Crippen MR) is 96.8 cm³/mol. The first-order valence-electron chi connectivity index (χ1n) is 8.96. The van der Waals surface area contributed by atoms with Gasteiger partial charge in [-0.1, -0.05) is 32.0 Å². The first-order chi connectivity index (χ1) is 12.0. The van der Waals surface area contributed by atoms with Gasteiger partial charge in [0.1, 0.15) is 5.82 Å². The summed E-state index contributed by atoms with van der Waals surface area (Å²) in [6, 6.07) is 9.63. The van der Waals surface area contributed by atoms with Gasteiger partial charge in [0.15, 0.2) is 0 Å². The molecule has 2 heterocycles. The van der Waals surface area contributed by atoms with Crippen LogP contribution in [0.2, 0.25) is 0 Å². The van der Waals surface area contributed by atoms with Crippen LogP contribution >= 0.6 is 0 Å². The lowest BCUT2D eigenvalue weighted by Gasteiger charge is -2.32. The van der Waals surface area contributed by atoms with E-state index in [-0.39, 0.29) is 17.5 Å². The molecule has 3 rings (SSSR count). The molecule has 0 unspecified atom stereocenters. The molecule has 0 atom stereocenters. The molecule has 0 N–H and O–H groups in total. The standard InChI is InChI=1S/C19H26N4O2/c1-14(2)13-17(24)22-11-9-15(10-12-22)18-20-21(3)19(25)23(18)16-7-5-4-6-8-16/h4-8,14-15H,9-13H2,1-3H3. The Morgan fingerprint density at radius 1 is 1.20 bits per heavy atom. The highest BCUT2D eigenvalue weighted by Crippen LogP contribution is 2.28. The van der Waals surface area contributed by atoms with Crippen molar-refractivity contribution >= 4 is 5.91 Å². The van der Waals surface area contributed by atoms with Gasteiger partial charge in [-0.15, -0.1) is 0 Å². The maximum atomic E-state index is 12.5. The molecule has 0 radical (unpaired) electrons. The Morgan fingerprint density at radius 3 is 2.44 bits per heavy atom. The van der Waals surface area contributed by atoms with Crippen LogP contribution in [0.25, 0.3) is 5.69 Å². The third-order valence-corrected chi connectivity index (χ3v) is 4.76. The fraction of sp³-hybridized carbons (Fsp3) is 0.526. The van der Waals surface area contributed by atoms with Gasteiger partial charge >= 0.3 is 5.69 Å². The highest BCUT2D eigenvalue weighted by atomic mass is 16.2. The summed E-state index contributed by atoms with van der Waals surface area (Å²) in [5.41, 5.74) is 0.716. The number of amides is 1. The van der Waals surface area contributed by atoms with Gasteiger partial charge in [0.05, 0.1) is 5.69 Å². The van der Waals surface area contributed by atoms with E-state index in [9.17, 15) is 9.59 Å². The summed E-state index contributed by atoms with van der Waals surface area (Å²) in [6.07, 6.45) is 2.28. The van der Waals surface area contributed by atoms with E-state index in [4.69, 9.17) is 0 Å². The van der Waals surface area contributed by atoms with Gasteiger partial charge in [0, 0.05) is 32.5 Å². The number of para-hydroxylation sites is 1. The summed E-state index contributed by atoms with van der Waals surface area (Å²) in [6.45, 7) is 5.60. The van der Waals surface area contributed by atoms with E-state index in [1.165, 1.54) is 4.68 Å². The highest BCUT2D eigenvalue weighted by molar-refractivity contribution is 5.76. The minimum atomic E-state index is -0.125. The quantitative estimate of drug-likeness (QED) is 0.857. The molecule has 0 aliphatic carbocycles. The van der Waals surface area contributed by atoms with Crippen LogP contribution in [0.3, 0.4) is 0 Å². The smallest absolute Gasteiger partial charge is 0.343 e. The molecular formula is C19H26N4O2. The second-order valence-corrected chi connectivity index (χ2v) is 7.19. The molecule has 0 spiro atoms. The van der Waals surface area contributed by atoms with Crippen LogP contribution in [0.4, 0.5) is 0 Å². The highest BCUT2D eigenvalue weighted by Gasteiger charge is 2.28. The number of carbonyl (C=O) groups excluding carboxylic acids is 1. The van der Waals surface area contributed by atoms with E-state index in [0.29, 0.717) is 12.3 Å². The van der Waals surface area contributed by atoms with Gasteiger partial charge in [0.25, 0.3) is 0 Å². The molecule has 2 aromatic rings. The van der Waals surface area contributed by atoms with E-state index in [1.807, 2.05) is 35.2 Å². The summed E-state index contributed by atoms with van der Waals surface area (Å²) >= 11 is 0. The third kappa shape index (κ3) is 3.67. The zero-order valence-electron chi connectivity index (χ0n) is 15.2. The molecule has 0 bridgehead atoms. The van der Waals surface area contributed by atoms with Crippen LogP contribution in [-0.4, -0.2) is 38.2 Å². The Balaban J connectivity index is 1.80. The normalized spacial score (nSPS) is 15.8. The van der Waals surface area contributed by atoms with E-state index < -0.39 is 0 Å². The molecule has 1 amide bonds. The van der Waals surface area contributed by atoms with Crippen LogP contribution < -0.4 is 5.69 Å². The number of aryl methyl sites for hydroxylation is 1. The summed E-state index contributed by atoms with van der Waals surface area (Å²) in [5.74, 6) is 1.60. The Bertz CT molecular complexity index is 784. The van der Waals surface area contributed by atoms with E-state index in [2.05, 4.69) is 18.9 Å². The topological polar surface area (TPSA) is 60.1 Å². The maximum absolute atomic E-state index is 12.5. The summed E-state index contributed by atoms with van der Waals surface area (Å²) in [7, 11) is 1.69. The molecule has 1 fully saturated rings. The van der Waals surface area contributed by atoms with Crippen LogP contribution in [0.5, 0.6) is 0 Å². The number of hydrogen-bond acceptors (Lipinski definition) is 3. The predicted octanol–water partition coefficient (Wildman–Crippen LogP) is 2.32. The van der Waals surface area contributed by atoms with Crippen molar-refractivity contribution in [3.8, 4) is 5.69 Å². The number of aromatic nitrogens is 3. The van der Waals surface area contributed by atoms with Crippen molar-refractivity contribution in [3.05, 3.63) is 46.6 Å². The number of hydrogen-bond donors (Lipinski definition) is 0. The number of likely N-dealkylation sites (tertiary alicyclic amines) is 1. The number of nitrogens with zero attached hydrogens (tertiary/aromatic N) is 4. The average molecular weight is 342 g/mol. The van der Waals surface area contributed by atoms with Crippen molar-refractivity contribution in [1.29, 1.82) is 0 Å². The molecule has 1 aromatic carbocycles. The SMILES string of the molecule is CC(C)CC(=O)N1CCC(c2nn(C)c(=O)n2-c2ccccc2)CC1. The average Bonchev–Trinajstić information content (AvgIpc) is 2.90. The molecule has 1 aromatic heterocycles. The van der Waals surface area contributed by atoms with Gasteiger partial charge in [-0.25, -0.2) is 14.0 Å². The summed E-state index contributed by atoms with van der Waals surface area (Å²) in [5, 5.41) is 4.49. The van der Waals surface area contributed by atoms with Crippen molar-refractivity contribution in [2.45, 2.75) is 39.0 Å². The van der Waals surface area contributed by atoms with Gasteiger partial charge in [-0.3, -0.25) is 4.79 Å². The fourth-order valence-corrected chi connectivity index (χ4v) is 3.43. The molecule has 1 aliphatic rings. The third-order valence-electron chi connectivity index (χ3n) is 4.76. The maximum Gasteiger partial charge on any atom is 0.350 e. The molecule has 6 nitrogen and oxygen atoms in total. The summed E-state index contributed by atoms with van der Waals surface area (Å²) in [4.78, 5) is 26.7. The van der Waals surface area contributed by atoms with Gasteiger partial charge in [-0.2, -0.15) is 5.10 Å². The number of benzene rings is 1. The van der Waals surface area contributed by atoms with Gasteiger partial charge in [0.2, 0.25) is 5.91 Å². The van der Waals surface area contributed by atoms with Crippen LogP contribution in [0.1, 0.15) is 44.9 Å².